The molecule has 1 aliphatic rings. The number of fused-ring (bicyclic) bond motifs is 2. The Morgan fingerprint density at radius 2 is 1.96 bits per heavy atom. The average molecular weight is 323 g/mol. The number of hydrogen-bond acceptors (Lipinski definition) is 5. The van der Waals surface area contributed by atoms with Gasteiger partial charge in [0.2, 0.25) is 6.79 Å². The fraction of sp³-hybridized carbons (Fsp3) is 0.222. The predicted molar refractivity (Wildman–Crippen MR) is 90.1 cm³/mol. The fourth-order valence-corrected chi connectivity index (χ4v) is 2.87. The lowest BCUT2D eigenvalue weighted by Gasteiger charge is -2.16. The van der Waals surface area contributed by atoms with E-state index in [4.69, 9.17) is 9.47 Å². The van der Waals surface area contributed by atoms with E-state index in [0.29, 0.717) is 29.8 Å². The van der Waals surface area contributed by atoms with Gasteiger partial charge in [-0.15, -0.1) is 0 Å². The van der Waals surface area contributed by atoms with Gasteiger partial charge in [-0.25, -0.2) is 4.98 Å². The van der Waals surface area contributed by atoms with Gasteiger partial charge in [0.25, 0.3) is 5.56 Å². The molecule has 0 fully saturated rings. The summed E-state index contributed by atoms with van der Waals surface area (Å²) in [5.41, 5.74) is 1.73. The number of ether oxygens (including phenoxy) is 2. The molecular formula is C18H17N3O3. The van der Waals surface area contributed by atoms with Crippen molar-refractivity contribution < 1.29 is 9.47 Å². The van der Waals surface area contributed by atoms with Crippen molar-refractivity contribution in [3.63, 3.8) is 0 Å². The summed E-state index contributed by atoms with van der Waals surface area (Å²) in [5.74, 6) is 2.21. The summed E-state index contributed by atoms with van der Waals surface area (Å²) < 4.78 is 10.7. The average Bonchev–Trinajstić information content (AvgIpc) is 3.02. The Labute approximate surface area is 138 Å². The summed E-state index contributed by atoms with van der Waals surface area (Å²) in [6.07, 6.45) is 0. The van der Waals surface area contributed by atoms with Gasteiger partial charge in [-0.2, -0.15) is 0 Å². The number of aromatic amines is 1. The SMILES string of the molecule is CN(Cc1ccc2c(c1)OCO2)Cc1nc2ccccc2c(=O)[nH]1. The van der Waals surface area contributed by atoms with Gasteiger partial charge in [0.1, 0.15) is 5.82 Å². The van der Waals surface area contributed by atoms with E-state index in [1.165, 1.54) is 0 Å². The summed E-state index contributed by atoms with van der Waals surface area (Å²) in [6.45, 7) is 1.54. The molecule has 0 spiro atoms. The molecule has 6 heteroatoms. The molecule has 2 heterocycles. The third-order valence-electron chi connectivity index (χ3n) is 3.97. The number of aromatic nitrogens is 2. The van der Waals surface area contributed by atoms with Crippen molar-refractivity contribution in [3.05, 3.63) is 64.2 Å². The summed E-state index contributed by atoms with van der Waals surface area (Å²) in [4.78, 5) is 21.6. The Morgan fingerprint density at radius 1 is 1.12 bits per heavy atom. The van der Waals surface area contributed by atoms with Gasteiger partial charge in [-0.3, -0.25) is 9.69 Å². The predicted octanol–water partition coefficient (Wildman–Crippen LogP) is 2.28. The Balaban J connectivity index is 1.52. The van der Waals surface area contributed by atoms with Crippen LogP contribution in [0.15, 0.2) is 47.3 Å². The minimum absolute atomic E-state index is 0.105. The maximum Gasteiger partial charge on any atom is 0.258 e. The Hall–Kier alpha value is -2.86. The van der Waals surface area contributed by atoms with Crippen molar-refractivity contribution in [2.75, 3.05) is 13.8 Å². The monoisotopic (exact) mass is 323 g/mol. The molecule has 24 heavy (non-hydrogen) atoms. The van der Waals surface area contributed by atoms with Crippen LogP contribution in [-0.4, -0.2) is 28.7 Å². The topological polar surface area (TPSA) is 67.5 Å². The Morgan fingerprint density at radius 3 is 2.88 bits per heavy atom. The van der Waals surface area contributed by atoms with E-state index in [-0.39, 0.29) is 12.4 Å². The molecule has 3 aromatic rings. The molecule has 1 N–H and O–H groups in total. The first-order chi connectivity index (χ1) is 11.7. The summed E-state index contributed by atoms with van der Waals surface area (Å²) in [6, 6.07) is 13.3. The van der Waals surface area contributed by atoms with Gasteiger partial charge < -0.3 is 14.5 Å². The zero-order valence-electron chi connectivity index (χ0n) is 13.3. The highest BCUT2D eigenvalue weighted by Crippen LogP contribution is 2.32. The molecule has 0 aliphatic carbocycles. The standard InChI is InChI=1S/C18H17N3O3/c1-21(9-12-6-7-15-16(8-12)24-11-23-15)10-17-19-14-5-3-2-4-13(14)18(22)20-17/h2-8H,9-11H2,1H3,(H,19,20,22). The van der Waals surface area contributed by atoms with Gasteiger partial charge in [-0.1, -0.05) is 18.2 Å². The zero-order chi connectivity index (χ0) is 16.5. The normalized spacial score (nSPS) is 12.9. The van der Waals surface area contributed by atoms with Gasteiger partial charge >= 0.3 is 0 Å². The molecule has 2 aromatic carbocycles. The van der Waals surface area contributed by atoms with Gasteiger partial charge in [0.05, 0.1) is 17.4 Å². The minimum Gasteiger partial charge on any atom is -0.454 e. The number of H-pyrrole nitrogens is 1. The quantitative estimate of drug-likeness (QED) is 0.798. The van der Waals surface area contributed by atoms with E-state index < -0.39 is 0 Å². The molecule has 0 radical (unpaired) electrons. The van der Waals surface area contributed by atoms with Crippen LogP contribution in [0, 0.1) is 0 Å². The van der Waals surface area contributed by atoms with Crippen molar-refractivity contribution in [1.82, 2.24) is 14.9 Å². The van der Waals surface area contributed by atoms with E-state index in [9.17, 15) is 4.79 Å². The molecule has 0 atom stereocenters. The highest BCUT2D eigenvalue weighted by Gasteiger charge is 2.14. The van der Waals surface area contributed by atoms with Crippen LogP contribution in [0.25, 0.3) is 10.9 Å². The second-order valence-electron chi connectivity index (χ2n) is 5.89. The number of nitrogens with zero attached hydrogens (tertiary/aromatic N) is 2. The minimum atomic E-state index is -0.105. The van der Waals surface area contributed by atoms with Gasteiger partial charge in [0, 0.05) is 6.54 Å². The van der Waals surface area contributed by atoms with Crippen LogP contribution in [0.3, 0.4) is 0 Å². The van der Waals surface area contributed by atoms with Crippen molar-refractivity contribution in [2.24, 2.45) is 0 Å². The highest BCUT2D eigenvalue weighted by atomic mass is 16.7. The number of hydrogen-bond donors (Lipinski definition) is 1. The summed E-state index contributed by atoms with van der Waals surface area (Å²) in [7, 11) is 1.99. The van der Waals surface area contributed by atoms with Gasteiger partial charge in [0.15, 0.2) is 11.5 Å². The van der Waals surface area contributed by atoms with Crippen molar-refractivity contribution in [2.45, 2.75) is 13.1 Å². The van der Waals surface area contributed by atoms with Crippen molar-refractivity contribution in [3.8, 4) is 11.5 Å². The Kier molecular flexibility index (Phi) is 3.66. The number of benzene rings is 2. The van der Waals surface area contributed by atoms with Crippen LogP contribution >= 0.6 is 0 Å². The van der Waals surface area contributed by atoms with Crippen LogP contribution in [0.2, 0.25) is 0 Å². The van der Waals surface area contributed by atoms with Crippen LogP contribution < -0.4 is 15.0 Å². The van der Waals surface area contributed by atoms with Gasteiger partial charge in [-0.05, 0) is 36.9 Å². The summed E-state index contributed by atoms with van der Waals surface area (Å²) >= 11 is 0. The fourth-order valence-electron chi connectivity index (χ4n) is 2.87. The lowest BCUT2D eigenvalue weighted by atomic mass is 10.2. The molecule has 6 nitrogen and oxygen atoms in total. The molecule has 4 rings (SSSR count). The second kappa shape index (κ2) is 5.98. The van der Waals surface area contributed by atoms with Crippen LogP contribution in [-0.2, 0) is 13.1 Å². The molecule has 0 saturated heterocycles. The maximum atomic E-state index is 12.1. The number of para-hydroxylation sites is 1. The van der Waals surface area contributed by atoms with E-state index >= 15 is 0 Å². The van der Waals surface area contributed by atoms with E-state index in [2.05, 4.69) is 14.9 Å². The van der Waals surface area contributed by atoms with Crippen molar-refractivity contribution in [1.29, 1.82) is 0 Å². The molecule has 0 bridgehead atoms. The highest BCUT2D eigenvalue weighted by molar-refractivity contribution is 5.77. The first kappa shape index (κ1) is 14.7. The molecule has 1 aromatic heterocycles. The molecule has 1 aliphatic heterocycles. The third kappa shape index (κ3) is 2.83. The molecule has 0 saturated carbocycles. The first-order valence-corrected chi connectivity index (χ1v) is 7.74. The molecular weight excluding hydrogens is 306 g/mol. The first-order valence-electron chi connectivity index (χ1n) is 7.74. The second-order valence-corrected chi connectivity index (χ2v) is 5.89. The smallest absolute Gasteiger partial charge is 0.258 e. The van der Waals surface area contributed by atoms with Crippen LogP contribution in [0.4, 0.5) is 0 Å². The Bertz CT molecular complexity index is 952. The lowest BCUT2D eigenvalue weighted by molar-refractivity contribution is 0.174. The summed E-state index contributed by atoms with van der Waals surface area (Å²) in [5, 5.41) is 0.611. The van der Waals surface area contributed by atoms with E-state index in [1.54, 1.807) is 6.07 Å². The number of rotatable bonds is 4. The molecule has 0 amide bonds. The third-order valence-corrected chi connectivity index (χ3v) is 3.97. The lowest BCUT2D eigenvalue weighted by Crippen LogP contribution is -2.21. The van der Waals surface area contributed by atoms with E-state index in [1.807, 2.05) is 43.4 Å². The molecule has 0 unspecified atom stereocenters. The van der Waals surface area contributed by atoms with E-state index in [0.717, 1.165) is 17.1 Å². The zero-order valence-corrected chi connectivity index (χ0v) is 13.3. The van der Waals surface area contributed by atoms with Crippen LogP contribution in [0.1, 0.15) is 11.4 Å². The maximum absolute atomic E-state index is 12.1. The van der Waals surface area contributed by atoms with Crippen LogP contribution in [0.5, 0.6) is 11.5 Å². The number of nitrogens with one attached hydrogen (secondary N) is 1. The van der Waals surface area contributed by atoms with Crippen molar-refractivity contribution >= 4 is 10.9 Å². The largest absolute Gasteiger partial charge is 0.454 e. The molecule has 122 valence electrons.